The Morgan fingerprint density at radius 2 is 2.00 bits per heavy atom. The van der Waals surface area contributed by atoms with Gasteiger partial charge in [-0.05, 0) is 41.3 Å². The first kappa shape index (κ1) is 17.1. The number of nitrogens with one attached hydrogen (secondary N) is 1. The van der Waals surface area contributed by atoms with Gasteiger partial charge in [-0.2, -0.15) is 5.10 Å². The second-order valence-corrected chi connectivity index (χ2v) is 6.61. The molecule has 0 aliphatic rings. The maximum absolute atomic E-state index is 12.5. The Morgan fingerprint density at radius 3 is 2.72 bits per heavy atom. The number of rotatable bonds is 5. The van der Waals surface area contributed by atoms with E-state index in [0.717, 1.165) is 10.4 Å². The molecule has 2 heterocycles. The van der Waals surface area contributed by atoms with Gasteiger partial charge in [-0.15, -0.1) is 11.3 Å². The molecule has 1 amide bonds. The monoisotopic (exact) mass is 371 g/mol. The van der Waals surface area contributed by atoms with Crippen LogP contribution in [-0.4, -0.2) is 16.7 Å². The summed E-state index contributed by atoms with van der Waals surface area (Å²) in [5.74, 6) is -0.539. The van der Waals surface area contributed by atoms with Crippen LogP contribution in [0, 0.1) is 0 Å². The number of carbonyl (C=O) groups is 1. The molecule has 0 fully saturated rings. The highest BCUT2D eigenvalue weighted by Gasteiger charge is 2.11. The van der Waals surface area contributed by atoms with Crippen molar-refractivity contribution in [3.63, 3.8) is 0 Å². The Labute approximate surface area is 153 Å². The summed E-state index contributed by atoms with van der Waals surface area (Å²) < 4.78 is 1.47. The number of hydrogen-bond donors (Lipinski definition) is 1. The number of hydrogen-bond acceptors (Lipinski definition) is 4. The molecule has 126 valence electrons. The van der Waals surface area contributed by atoms with Crippen LogP contribution in [0.25, 0.3) is 0 Å². The third-order valence-electron chi connectivity index (χ3n) is 3.43. The summed E-state index contributed by atoms with van der Waals surface area (Å²) in [6, 6.07) is 14.1. The average molecular weight is 372 g/mol. The van der Waals surface area contributed by atoms with Gasteiger partial charge in [-0.3, -0.25) is 9.59 Å². The van der Waals surface area contributed by atoms with Crippen molar-refractivity contribution in [1.82, 2.24) is 9.99 Å². The molecule has 0 aliphatic carbocycles. The third-order valence-corrected chi connectivity index (χ3v) is 4.49. The van der Waals surface area contributed by atoms with Gasteiger partial charge in [0.1, 0.15) is 5.56 Å². The number of pyridine rings is 1. The normalized spacial score (nSPS) is 10.9. The standard InChI is InChI=1S/C18H14ClN3O2S/c19-14-7-5-13(6-8-14)12-22-9-1-4-16(18(22)24)17(23)21-20-11-15-3-2-10-25-15/h1-11H,12H2,(H,21,23)/b20-11-. The molecular formula is C18H14ClN3O2S. The molecule has 25 heavy (non-hydrogen) atoms. The molecule has 5 nitrogen and oxygen atoms in total. The predicted molar refractivity (Wildman–Crippen MR) is 101 cm³/mol. The van der Waals surface area contributed by atoms with Gasteiger partial charge in [0.2, 0.25) is 0 Å². The van der Waals surface area contributed by atoms with Crippen LogP contribution >= 0.6 is 22.9 Å². The average Bonchev–Trinajstić information content (AvgIpc) is 3.12. The Kier molecular flexibility index (Phi) is 5.42. The van der Waals surface area contributed by atoms with Crippen molar-refractivity contribution in [2.75, 3.05) is 0 Å². The molecule has 7 heteroatoms. The summed E-state index contributed by atoms with van der Waals surface area (Å²) >= 11 is 7.37. The molecule has 3 aromatic rings. The van der Waals surface area contributed by atoms with Crippen LogP contribution in [0.2, 0.25) is 5.02 Å². The highest BCUT2D eigenvalue weighted by molar-refractivity contribution is 7.11. The summed E-state index contributed by atoms with van der Waals surface area (Å²) in [7, 11) is 0. The number of carbonyl (C=O) groups excluding carboxylic acids is 1. The van der Waals surface area contributed by atoms with Crippen molar-refractivity contribution in [2.45, 2.75) is 6.54 Å². The summed E-state index contributed by atoms with van der Waals surface area (Å²) in [6.07, 6.45) is 3.18. The van der Waals surface area contributed by atoms with Gasteiger partial charge >= 0.3 is 0 Å². The second kappa shape index (κ2) is 7.92. The lowest BCUT2D eigenvalue weighted by atomic mass is 10.2. The van der Waals surface area contributed by atoms with E-state index in [1.807, 2.05) is 29.6 Å². The number of hydrazone groups is 1. The molecule has 0 saturated heterocycles. The highest BCUT2D eigenvalue weighted by Crippen LogP contribution is 2.10. The largest absolute Gasteiger partial charge is 0.310 e. The van der Waals surface area contributed by atoms with Gasteiger partial charge in [-0.1, -0.05) is 29.8 Å². The first-order valence-electron chi connectivity index (χ1n) is 7.44. The van der Waals surface area contributed by atoms with E-state index in [4.69, 9.17) is 11.6 Å². The van der Waals surface area contributed by atoms with E-state index >= 15 is 0 Å². The topological polar surface area (TPSA) is 63.5 Å². The minimum Gasteiger partial charge on any atom is -0.310 e. The van der Waals surface area contributed by atoms with E-state index in [-0.39, 0.29) is 11.1 Å². The SMILES string of the molecule is O=C(N/N=C\c1cccs1)c1cccn(Cc2ccc(Cl)cc2)c1=O. The Bertz CT molecular complexity index is 947. The third kappa shape index (κ3) is 4.43. The molecule has 1 N–H and O–H groups in total. The van der Waals surface area contributed by atoms with Crippen LogP contribution in [0.4, 0.5) is 0 Å². The zero-order valence-corrected chi connectivity index (χ0v) is 14.6. The second-order valence-electron chi connectivity index (χ2n) is 5.20. The zero-order chi connectivity index (χ0) is 17.6. The van der Waals surface area contributed by atoms with Gasteiger partial charge in [0, 0.05) is 16.1 Å². The van der Waals surface area contributed by atoms with Crippen molar-refractivity contribution < 1.29 is 4.79 Å². The van der Waals surface area contributed by atoms with Crippen LogP contribution in [0.5, 0.6) is 0 Å². The summed E-state index contributed by atoms with van der Waals surface area (Å²) in [5.41, 5.74) is 2.97. The van der Waals surface area contributed by atoms with Gasteiger partial charge in [0.05, 0.1) is 12.8 Å². The molecule has 1 aromatic carbocycles. The van der Waals surface area contributed by atoms with Crippen LogP contribution in [0.3, 0.4) is 0 Å². The minimum atomic E-state index is -0.539. The molecule has 0 bridgehead atoms. The number of aromatic nitrogens is 1. The van der Waals surface area contributed by atoms with E-state index in [1.165, 1.54) is 28.2 Å². The Morgan fingerprint density at radius 1 is 1.20 bits per heavy atom. The van der Waals surface area contributed by atoms with Gasteiger partial charge in [0.15, 0.2) is 0 Å². The number of benzene rings is 1. The fourth-order valence-corrected chi connectivity index (χ4v) is 2.91. The lowest BCUT2D eigenvalue weighted by Gasteiger charge is -2.07. The van der Waals surface area contributed by atoms with Crippen LogP contribution in [-0.2, 0) is 6.54 Å². The first-order chi connectivity index (χ1) is 12.1. The summed E-state index contributed by atoms with van der Waals surface area (Å²) in [4.78, 5) is 25.6. The van der Waals surface area contributed by atoms with E-state index in [2.05, 4.69) is 10.5 Å². The molecule has 0 aliphatic heterocycles. The van der Waals surface area contributed by atoms with E-state index < -0.39 is 5.91 Å². The number of thiophene rings is 1. The van der Waals surface area contributed by atoms with E-state index in [0.29, 0.717) is 11.6 Å². The number of nitrogens with zero attached hydrogens (tertiary/aromatic N) is 2. The van der Waals surface area contributed by atoms with E-state index in [1.54, 1.807) is 24.4 Å². The van der Waals surface area contributed by atoms with Crippen molar-refractivity contribution in [2.24, 2.45) is 5.10 Å². The molecule has 0 saturated carbocycles. The van der Waals surface area contributed by atoms with Crippen LogP contribution < -0.4 is 11.0 Å². The van der Waals surface area contributed by atoms with Crippen molar-refractivity contribution >= 4 is 35.1 Å². The maximum atomic E-state index is 12.5. The quantitative estimate of drug-likeness (QED) is 0.552. The summed E-state index contributed by atoms with van der Waals surface area (Å²) in [5, 5.41) is 6.42. The smallest absolute Gasteiger partial charge is 0.276 e. The van der Waals surface area contributed by atoms with E-state index in [9.17, 15) is 9.59 Å². The summed E-state index contributed by atoms with van der Waals surface area (Å²) in [6.45, 7) is 0.357. The fourth-order valence-electron chi connectivity index (χ4n) is 2.20. The fraction of sp³-hybridized carbons (Fsp3) is 0.0556. The van der Waals surface area contributed by atoms with Gasteiger partial charge < -0.3 is 4.57 Å². The Balaban J connectivity index is 1.74. The number of halogens is 1. The molecule has 0 atom stereocenters. The molecule has 3 rings (SSSR count). The molecular weight excluding hydrogens is 358 g/mol. The molecule has 0 unspecified atom stereocenters. The van der Waals surface area contributed by atoms with Gasteiger partial charge in [0.25, 0.3) is 11.5 Å². The van der Waals surface area contributed by atoms with Gasteiger partial charge in [-0.25, -0.2) is 5.43 Å². The molecule has 2 aromatic heterocycles. The van der Waals surface area contributed by atoms with Crippen LogP contribution in [0.15, 0.2) is 70.0 Å². The predicted octanol–water partition coefficient (Wildman–Crippen LogP) is 3.38. The first-order valence-corrected chi connectivity index (χ1v) is 8.70. The van der Waals surface area contributed by atoms with Crippen molar-refractivity contribution in [3.05, 3.63) is 91.5 Å². The lowest BCUT2D eigenvalue weighted by Crippen LogP contribution is -2.30. The minimum absolute atomic E-state index is 0.0415. The molecule has 0 radical (unpaired) electrons. The number of amides is 1. The lowest BCUT2D eigenvalue weighted by molar-refractivity contribution is 0.0953. The van der Waals surface area contributed by atoms with Crippen LogP contribution in [0.1, 0.15) is 20.8 Å². The zero-order valence-electron chi connectivity index (χ0n) is 13.1. The van der Waals surface area contributed by atoms with Crippen molar-refractivity contribution in [1.29, 1.82) is 0 Å². The van der Waals surface area contributed by atoms with Crippen molar-refractivity contribution in [3.8, 4) is 0 Å². The molecule has 0 spiro atoms. The Hall–Kier alpha value is -2.70. The highest BCUT2D eigenvalue weighted by atomic mass is 35.5. The maximum Gasteiger partial charge on any atom is 0.276 e.